The molecule has 0 aromatic heterocycles. The van der Waals surface area contributed by atoms with Crippen molar-refractivity contribution in [2.75, 3.05) is 0 Å². The number of hydrogen-bond acceptors (Lipinski definition) is 16. The first-order valence-electron chi connectivity index (χ1n) is 20.8. The summed E-state index contributed by atoms with van der Waals surface area (Å²) in [7, 11) is -5.90. The van der Waals surface area contributed by atoms with Gasteiger partial charge in [-0.1, -0.05) is 117 Å². The third kappa shape index (κ3) is 28.8. The van der Waals surface area contributed by atoms with E-state index in [0.29, 0.717) is 12.8 Å². The van der Waals surface area contributed by atoms with Gasteiger partial charge in [-0.05, 0) is 12.8 Å². The van der Waals surface area contributed by atoms with Crippen LogP contribution in [0.4, 0.5) is 0 Å². The summed E-state index contributed by atoms with van der Waals surface area (Å²) < 4.78 is 52.8. The summed E-state index contributed by atoms with van der Waals surface area (Å²) in [5, 5.41) is 35.3. The van der Waals surface area contributed by atoms with Crippen LogP contribution in [0.25, 0.3) is 0 Å². The van der Waals surface area contributed by atoms with Crippen LogP contribution in [-0.4, -0.2) is 110 Å². The van der Waals surface area contributed by atoms with E-state index in [1.807, 2.05) is 0 Å². The predicted molar refractivity (Wildman–Crippen MR) is 215 cm³/mol. The summed E-state index contributed by atoms with van der Waals surface area (Å²) in [5.41, 5.74) is -6.94. The van der Waals surface area contributed by atoms with Gasteiger partial charge in [0.1, 0.15) is 0 Å². The molecule has 0 aromatic carbocycles. The van der Waals surface area contributed by atoms with Crippen LogP contribution < -0.4 is 59.1 Å². The molecule has 0 aliphatic heterocycles. The number of ether oxygens (including phenoxy) is 4. The minimum atomic E-state index is -5.90. The van der Waals surface area contributed by atoms with Gasteiger partial charge in [0.15, 0.2) is 5.25 Å². The maximum absolute atomic E-state index is 13.1. The molecule has 3 unspecified atom stereocenters. The van der Waals surface area contributed by atoms with Gasteiger partial charge in [-0.15, -0.1) is 0 Å². The molecule has 358 valence electrons. The van der Waals surface area contributed by atoms with Crippen molar-refractivity contribution in [2.24, 2.45) is 0 Å². The Morgan fingerprint density at radius 1 is 0.469 bits per heavy atom. The molecule has 0 fully saturated rings. The molecule has 0 amide bonds. The number of carbonyl (C=O) groups excluding carboxylic acids is 6. The van der Waals surface area contributed by atoms with Crippen LogP contribution in [0.15, 0.2) is 0 Å². The molecule has 64 heavy (non-hydrogen) atoms. The number of carbonyl (C=O) groups is 10. The van der Waals surface area contributed by atoms with Gasteiger partial charge in [-0.25, -0.2) is 9.59 Å². The van der Waals surface area contributed by atoms with Crippen LogP contribution >= 0.6 is 0 Å². The molecule has 0 aliphatic carbocycles. The Hall–Kier alpha value is -2.99. The summed E-state index contributed by atoms with van der Waals surface area (Å²) in [6.45, 7) is 4.18. The standard InChI is InChI=1S/C40H62O21S.2Na.2H/c1-3-5-7-9-11-13-15-17-19-21-31(45)58-34(48)26-39(37(51)52,24-29(41)42)60-33(47)23-28(62(55,56)57)36(50)61-40(38(53)54,25-30(43)44)27-35(49)59-32(46)22-20-18-16-14-12-10-8-6-4-2;;;;/h28H,3-27H2,1-2H3,(H,41,42)(H,43,44)(H,51,52)(H,53,54)(H,55,56,57);;;;/q;2*+1;2*-1. The maximum atomic E-state index is 13.1. The Kier molecular flexibility index (Phi) is 35.9. The van der Waals surface area contributed by atoms with Gasteiger partial charge in [-0.3, -0.25) is 42.9 Å². The zero-order valence-corrected chi connectivity index (χ0v) is 42.2. The monoisotopic (exact) mass is 958 g/mol. The first kappa shape index (κ1) is 65.3. The smallest absolute Gasteiger partial charge is 1.00 e. The number of rotatable bonds is 36. The molecule has 0 radical (unpaired) electrons. The van der Waals surface area contributed by atoms with Crippen LogP contribution in [-0.2, 0) is 77.0 Å². The summed E-state index contributed by atoms with van der Waals surface area (Å²) >= 11 is 0. The van der Waals surface area contributed by atoms with E-state index < -0.39 is 118 Å². The second-order valence-electron chi connectivity index (χ2n) is 15.0. The zero-order valence-electron chi connectivity index (χ0n) is 39.4. The number of carboxylic acids is 4. The average Bonchev–Trinajstić information content (AvgIpc) is 3.14. The zero-order chi connectivity index (χ0) is 47.4. The molecule has 0 aliphatic rings. The fourth-order valence-corrected chi connectivity index (χ4v) is 6.82. The Morgan fingerprint density at radius 3 is 1.08 bits per heavy atom. The van der Waals surface area contributed by atoms with Gasteiger partial charge >= 0.3 is 119 Å². The van der Waals surface area contributed by atoms with Crippen LogP contribution in [0.2, 0.25) is 0 Å². The van der Waals surface area contributed by atoms with Crippen molar-refractivity contribution in [3.63, 3.8) is 0 Å². The van der Waals surface area contributed by atoms with Crippen molar-refractivity contribution in [1.82, 2.24) is 0 Å². The van der Waals surface area contributed by atoms with Gasteiger partial charge in [0.05, 0.1) is 32.1 Å². The first-order valence-corrected chi connectivity index (χ1v) is 22.3. The molecule has 0 saturated carbocycles. The second-order valence-corrected chi connectivity index (χ2v) is 16.6. The summed E-state index contributed by atoms with van der Waals surface area (Å²) in [6.07, 6.45) is 6.54. The Morgan fingerprint density at radius 2 is 0.781 bits per heavy atom. The minimum absolute atomic E-state index is 0. The molecule has 0 aromatic rings. The van der Waals surface area contributed by atoms with Gasteiger partial charge in [0.2, 0.25) is 11.2 Å². The molecule has 0 rings (SSSR count). The Labute approximate surface area is 420 Å². The van der Waals surface area contributed by atoms with E-state index in [0.717, 1.165) is 89.9 Å². The number of carboxylic acid groups (broad SMARTS) is 4. The average molecular weight is 959 g/mol. The second kappa shape index (κ2) is 35.2. The van der Waals surface area contributed by atoms with Gasteiger partial charge in [0, 0.05) is 12.8 Å². The third-order valence-electron chi connectivity index (χ3n) is 9.52. The topological polar surface area (TPSA) is 343 Å². The van der Waals surface area contributed by atoms with Crippen molar-refractivity contribution in [1.29, 1.82) is 0 Å². The number of aliphatic carboxylic acids is 4. The van der Waals surface area contributed by atoms with Crippen molar-refractivity contribution in [3.05, 3.63) is 0 Å². The van der Waals surface area contributed by atoms with Crippen LogP contribution in [0.3, 0.4) is 0 Å². The van der Waals surface area contributed by atoms with Crippen LogP contribution in [0.5, 0.6) is 0 Å². The number of esters is 6. The predicted octanol–water partition coefficient (Wildman–Crippen LogP) is -0.690. The molecule has 0 spiro atoms. The fourth-order valence-electron chi connectivity index (χ4n) is 6.18. The summed E-state index contributed by atoms with van der Waals surface area (Å²) in [5.74, 6) is -18.9. The number of unbranched alkanes of at least 4 members (excludes halogenated alkanes) is 16. The van der Waals surface area contributed by atoms with E-state index in [9.17, 15) is 81.3 Å². The van der Waals surface area contributed by atoms with E-state index >= 15 is 0 Å². The van der Waals surface area contributed by atoms with E-state index in [1.165, 1.54) is 0 Å². The number of hydrogen-bond donors (Lipinski definition) is 5. The molecule has 3 atom stereocenters. The molecule has 0 heterocycles. The van der Waals surface area contributed by atoms with E-state index in [4.69, 9.17) is 0 Å². The van der Waals surface area contributed by atoms with Crippen molar-refractivity contribution >= 4 is 69.8 Å². The molecule has 0 saturated heterocycles. The molecular weight excluding hydrogens is 894 g/mol. The van der Waals surface area contributed by atoms with E-state index in [-0.39, 0.29) is 87.7 Å². The molecule has 21 nitrogen and oxygen atoms in total. The third-order valence-corrected chi connectivity index (χ3v) is 10.6. The fraction of sp³-hybridized carbons (Fsp3) is 0.750. The molecule has 5 N–H and O–H groups in total. The molecular formula is C40H64Na2O21S. The van der Waals surface area contributed by atoms with Gasteiger partial charge in [0.25, 0.3) is 10.1 Å². The Bertz CT molecular complexity index is 1660. The van der Waals surface area contributed by atoms with E-state index in [2.05, 4.69) is 32.8 Å². The van der Waals surface area contributed by atoms with Crippen LogP contribution in [0, 0.1) is 0 Å². The minimum Gasteiger partial charge on any atom is -1.00 e. The van der Waals surface area contributed by atoms with Crippen molar-refractivity contribution in [3.8, 4) is 0 Å². The van der Waals surface area contributed by atoms with Gasteiger partial charge < -0.3 is 42.2 Å². The Balaban J connectivity index is -0.00000310. The van der Waals surface area contributed by atoms with Crippen LogP contribution in [0.1, 0.15) is 177 Å². The summed E-state index contributed by atoms with van der Waals surface area (Å²) in [4.78, 5) is 124. The molecule has 24 heteroatoms. The largest absolute Gasteiger partial charge is 1.00 e. The SMILES string of the molecule is CCCCCCCCCCCC(=O)OC(=O)CC(CC(=O)O)(OC(=O)CC(C(=O)OC(CC(=O)O)(CC(=O)OC(=O)CCCCCCCCCCC)C(=O)O)S(=O)(=O)O)C(=O)O.[H-].[H-].[Na+].[Na+]. The van der Waals surface area contributed by atoms with Gasteiger partial charge in [-0.2, -0.15) is 8.42 Å². The normalized spacial score (nSPS) is 13.2. The van der Waals surface area contributed by atoms with E-state index in [1.54, 1.807) is 0 Å². The van der Waals surface area contributed by atoms with Crippen molar-refractivity contribution in [2.45, 2.75) is 191 Å². The quantitative estimate of drug-likeness (QED) is 0.0130. The maximum Gasteiger partial charge on any atom is 1.00 e. The first-order chi connectivity index (χ1) is 29.0. The molecule has 0 bridgehead atoms. The van der Waals surface area contributed by atoms with Crippen molar-refractivity contribution < 1.29 is 162 Å². The summed E-state index contributed by atoms with van der Waals surface area (Å²) in [6, 6.07) is 0.